The van der Waals surface area contributed by atoms with Crippen molar-refractivity contribution in [3.05, 3.63) is 0 Å². The van der Waals surface area contributed by atoms with Crippen LogP contribution < -0.4 is 0 Å². The average Bonchev–Trinajstić information content (AvgIpc) is 1.87. The second kappa shape index (κ2) is 4.77. The van der Waals surface area contributed by atoms with E-state index in [1.165, 1.54) is 0 Å². The summed E-state index contributed by atoms with van der Waals surface area (Å²) in [4.78, 5) is 0. The van der Waals surface area contributed by atoms with Crippen LogP contribution in [0.15, 0.2) is 0 Å². The van der Waals surface area contributed by atoms with Crippen molar-refractivity contribution in [1.29, 1.82) is 0 Å². The van der Waals surface area contributed by atoms with Gasteiger partial charge in [-0.05, 0) is 6.42 Å². The molecule has 2 unspecified atom stereocenters. The molecule has 9 heavy (non-hydrogen) atoms. The van der Waals surface area contributed by atoms with Crippen molar-refractivity contribution in [2.45, 2.75) is 32.8 Å². The quantitative estimate of drug-likeness (QED) is 0.593. The van der Waals surface area contributed by atoms with Crippen LogP contribution in [0, 0.1) is 5.92 Å². The third kappa shape index (κ3) is 3.49. The van der Waals surface area contributed by atoms with Gasteiger partial charge in [0.15, 0.2) is 0 Å². The molecule has 0 aromatic carbocycles. The maximum absolute atomic E-state index is 9.16. The van der Waals surface area contributed by atoms with Crippen LogP contribution in [-0.2, 0) is 0 Å². The second-order valence-electron chi connectivity index (χ2n) is 2.52. The van der Waals surface area contributed by atoms with Crippen molar-refractivity contribution in [2.24, 2.45) is 5.92 Å². The van der Waals surface area contributed by atoms with E-state index in [1.807, 2.05) is 13.8 Å². The highest BCUT2D eigenvalue weighted by Gasteiger charge is 2.10. The van der Waals surface area contributed by atoms with Gasteiger partial charge in [0.05, 0.1) is 6.10 Å². The van der Waals surface area contributed by atoms with E-state index in [4.69, 9.17) is 10.2 Å². The molecule has 0 fully saturated rings. The molecule has 2 nitrogen and oxygen atoms in total. The first-order valence-corrected chi connectivity index (χ1v) is 3.51. The molecule has 0 aromatic rings. The predicted octanol–water partition coefficient (Wildman–Crippen LogP) is 0.776. The molecule has 0 aliphatic heterocycles. The van der Waals surface area contributed by atoms with Gasteiger partial charge in [-0.1, -0.05) is 20.3 Å². The Bertz CT molecular complexity index is 63.9. The lowest BCUT2D eigenvalue weighted by Gasteiger charge is -2.14. The van der Waals surface area contributed by atoms with Crippen molar-refractivity contribution >= 4 is 0 Å². The summed E-state index contributed by atoms with van der Waals surface area (Å²) in [6, 6.07) is 0. The Morgan fingerprint density at radius 1 is 1.44 bits per heavy atom. The molecule has 0 heterocycles. The van der Waals surface area contributed by atoms with Gasteiger partial charge in [-0.25, -0.2) is 0 Å². The van der Waals surface area contributed by atoms with Gasteiger partial charge < -0.3 is 10.2 Å². The standard InChI is InChI=1S/C7H16O2/c1-3-4-7(9)6(2)5-8/h6-9H,3-5H2,1-2H3. The van der Waals surface area contributed by atoms with Crippen LogP contribution in [-0.4, -0.2) is 22.9 Å². The van der Waals surface area contributed by atoms with Crippen LogP contribution >= 0.6 is 0 Å². The van der Waals surface area contributed by atoms with E-state index in [0.717, 1.165) is 12.8 Å². The fourth-order valence-corrected chi connectivity index (χ4v) is 0.702. The Kier molecular flexibility index (Phi) is 4.72. The first-order valence-electron chi connectivity index (χ1n) is 3.51. The molecule has 0 saturated carbocycles. The lowest BCUT2D eigenvalue weighted by molar-refractivity contribution is 0.0701. The highest BCUT2D eigenvalue weighted by atomic mass is 16.3. The zero-order valence-electron chi connectivity index (χ0n) is 6.17. The average molecular weight is 132 g/mol. The molecule has 0 amide bonds. The molecule has 2 N–H and O–H groups in total. The first-order chi connectivity index (χ1) is 4.22. The molecule has 2 heteroatoms. The topological polar surface area (TPSA) is 40.5 Å². The monoisotopic (exact) mass is 132 g/mol. The van der Waals surface area contributed by atoms with Crippen molar-refractivity contribution < 1.29 is 10.2 Å². The summed E-state index contributed by atoms with van der Waals surface area (Å²) in [7, 11) is 0. The Balaban J connectivity index is 3.32. The summed E-state index contributed by atoms with van der Waals surface area (Å²) < 4.78 is 0. The molecular formula is C7H16O2. The molecule has 2 atom stereocenters. The van der Waals surface area contributed by atoms with Gasteiger partial charge in [0.25, 0.3) is 0 Å². The number of aliphatic hydroxyl groups is 2. The summed E-state index contributed by atoms with van der Waals surface area (Å²) in [5, 5.41) is 17.7. The van der Waals surface area contributed by atoms with E-state index in [9.17, 15) is 0 Å². The van der Waals surface area contributed by atoms with Crippen LogP contribution in [0.5, 0.6) is 0 Å². The molecule has 0 aromatic heterocycles. The normalized spacial score (nSPS) is 17.3. The fourth-order valence-electron chi connectivity index (χ4n) is 0.702. The summed E-state index contributed by atoms with van der Waals surface area (Å²) in [5.74, 6) is 0.0324. The first kappa shape index (κ1) is 8.92. The molecule has 0 spiro atoms. The predicted molar refractivity (Wildman–Crippen MR) is 37.2 cm³/mol. The van der Waals surface area contributed by atoms with Gasteiger partial charge >= 0.3 is 0 Å². The molecule has 0 saturated heterocycles. The van der Waals surface area contributed by atoms with Crippen LogP contribution in [0.2, 0.25) is 0 Å². The molecule has 0 radical (unpaired) electrons. The van der Waals surface area contributed by atoms with Gasteiger partial charge in [0.2, 0.25) is 0 Å². The largest absolute Gasteiger partial charge is 0.396 e. The van der Waals surface area contributed by atoms with Gasteiger partial charge in [-0.15, -0.1) is 0 Å². The molecule has 0 aliphatic carbocycles. The minimum Gasteiger partial charge on any atom is -0.396 e. The fraction of sp³-hybridized carbons (Fsp3) is 1.00. The Hall–Kier alpha value is -0.0800. The van der Waals surface area contributed by atoms with Gasteiger partial charge in [0, 0.05) is 12.5 Å². The summed E-state index contributed by atoms with van der Waals surface area (Å²) in [6.45, 7) is 3.95. The maximum Gasteiger partial charge on any atom is 0.0587 e. The number of hydrogen-bond donors (Lipinski definition) is 2. The highest BCUT2D eigenvalue weighted by molar-refractivity contribution is 4.61. The summed E-state index contributed by atoms with van der Waals surface area (Å²) in [6.07, 6.45) is 1.45. The smallest absolute Gasteiger partial charge is 0.0587 e. The minimum absolute atomic E-state index is 0.0324. The maximum atomic E-state index is 9.16. The Labute approximate surface area is 56.5 Å². The molecule has 56 valence electrons. The van der Waals surface area contributed by atoms with Crippen LogP contribution in [0.25, 0.3) is 0 Å². The SMILES string of the molecule is CCCC(O)C(C)CO. The van der Waals surface area contributed by atoms with Gasteiger partial charge in [-0.2, -0.15) is 0 Å². The van der Waals surface area contributed by atoms with Crippen LogP contribution in [0.3, 0.4) is 0 Å². The van der Waals surface area contributed by atoms with E-state index >= 15 is 0 Å². The highest BCUT2D eigenvalue weighted by Crippen LogP contribution is 2.06. The van der Waals surface area contributed by atoms with Crippen molar-refractivity contribution in [1.82, 2.24) is 0 Å². The number of rotatable bonds is 4. The van der Waals surface area contributed by atoms with E-state index in [1.54, 1.807) is 0 Å². The Morgan fingerprint density at radius 3 is 2.33 bits per heavy atom. The summed E-state index contributed by atoms with van der Waals surface area (Å²) in [5.41, 5.74) is 0. The van der Waals surface area contributed by atoms with Gasteiger partial charge in [-0.3, -0.25) is 0 Å². The van der Waals surface area contributed by atoms with E-state index in [2.05, 4.69) is 0 Å². The van der Waals surface area contributed by atoms with Gasteiger partial charge in [0.1, 0.15) is 0 Å². The van der Waals surface area contributed by atoms with Crippen molar-refractivity contribution in [2.75, 3.05) is 6.61 Å². The van der Waals surface area contributed by atoms with Crippen LogP contribution in [0.1, 0.15) is 26.7 Å². The summed E-state index contributed by atoms with van der Waals surface area (Å²) >= 11 is 0. The van der Waals surface area contributed by atoms with E-state index < -0.39 is 0 Å². The second-order valence-corrected chi connectivity index (χ2v) is 2.52. The number of aliphatic hydroxyl groups excluding tert-OH is 2. The number of hydrogen-bond acceptors (Lipinski definition) is 2. The van der Waals surface area contributed by atoms with Crippen molar-refractivity contribution in [3.63, 3.8) is 0 Å². The lowest BCUT2D eigenvalue weighted by atomic mass is 10.0. The van der Waals surface area contributed by atoms with Crippen molar-refractivity contribution in [3.8, 4) is 0 Å². The third-order valence-corrected chi connectivity index (χ3v) is 1.53. The van der Waals surface area contributed by atoms with E-state index in [0.29, 0.717) is 0 Å². The minimum atomic E-state index is -0.319. The molecular weight excluding hydrogens is 116 g/mol. The molecule has 0 rings (SSSR count). The van der Waals surface area contributed by atoms with Crippen LogP contribution in [0.4, 0.5) is 0 Å². The zero-order valence-corrected chi connectivity index (χ0v) is 6.17. The zero-order chi connectivity index (χ0) is 7.28. The Morgan fingerprint density at radius 2 is 2.00 bits per heavy atom. The lowest BCUT2D eigenvalue weighted by Crippen LogP contribution is -2.20. The molecule has 0 aliphatic rings. The molecule has 0 bridgehead atoms. The van der Waals surface area contributed by atoms with E-state index in [-0.39, 0.29) is 18.6 Å². The third-order valence-electron chi connectivity index (χ3n) is 1.53.